The van der Waals surface area contributed by atoms with Crippen molar-refractivity contribution in [2.24, 2.45) is 5.41 Å². The summed E-state index contributed by atoms with van der Waals surface area (Å²) in [6.07, 6.45) is 11.2. The lowest BCUT2D eigenvalue weighted by Crippen LogP contribution is -2.28. The molecule has 1 aliphatic rings. The van der Waals surface area contributed by atoms with Crippen LogP contribution in [0.3, 0.4) is 0 Å². The molecule has 3 heteroatoms. The highest BCUT2D eigenvalue weighted by atomic mass is 79.9. The molecule has 0 aromatic carbocycles. The fourth-order valence-corrected chi connectivity index (χ4v) is 4.67. The minimum absolute atomic E-state index is 0.623. The molecule has 102 valence electrons. The van der Waals surface area contributed by atoms with Crippen molar-refractivity contribution in [3.05, 3.63) is 20.8 Å². The number of thiophene rings is 1. The van der Waals surface area contributed by atoms with Crippen molar-refractivity contribution in [1.29, 1.82) is 0 Å². The van der Waals surface area contributed by atoms with E-state index in [1.165, 1.54) is 66.6 Å². The molecular weight excluding hydrogens is 306 g/mol. The van der Waals surface area contributed by atoms with Gasteiger partial charge in [-0.2, -0.15) is 0 Å². The second kappa shape index (κ2) is 7.06. The molecule has 1 saturated carbocycles. The van der Waals surface area contributed by atoms with E-state index in [1.807, 2.05) is 11.3 Å². The van der Waals surface area contributed by atoms with Crippen molar-refractivity contribution in [3.8, 4) is 0 Å². The van der Waals surface area contributed by atoms with Crippen molar-refractivity contribution in [2.75, 3.05) is 13.6 Å². The molecule has 1 fully saturated rings. The number of rotatable bonds is 6. The summed E-state index contributed by atoms with van der Waals surface area (Å²) in [5.41, 5.74) is 0.623. The summed E-state index contributed by atoms with van der Waals surface area (Å²) in [4.78, 5) is 1.54. The molecule has 18 heavy (non-hydrogen) atoms. The monoisotopic (exact) mass is 329 g/mol. The van der Waals surface area contributed by atoms with E-state index in [0.717, 1.165) is 0 Å². The quantitative estimate of drug-likeness (QED) is 0.774. The lowest BCUT2D eigenvalue weighted by atomic mass is 9.69. The van der Waals surface area contributed by atoms with Gasteiger partial charge in [0.15, 0.2) is 0 Å². The first-order valence-corrected chi connectivity index (χ1v) is 8.74. The third-order valence-electron chi connectivity index (χ3n) is 4.35. The predicted octanol–water partition coefficient (Wildman–Crippen LogP) is 5.00. The Balaban J connectivity index is 1.91. The van der Waals surface area contributed by atoms with Gasteiger partial charge in [0.1, 0.15) is 0 Å². The molecule has 0 saturated heterocycles. The Morgan fingerprint density at radius 2 is 2.00 bits per heavy atom. The highest BCUT2D eigenvalue weighted by molar-refractivity contribution is 9.11. The zero-order chi connectivity index (χ0) is 12.8. The normalized spacial score (nSPS) is 19.0. The fourth-order valence-electron chi connectivity index (χ4n) is 3.19. The van der Waals surface area contributed by atoms with Gasteiger partial charge in [0.05, 0.1) is 3.79 Å². The van der Waals surface area contributed by atoms with Crippen LogP contribution < -0.4 is 5.32 Å². The molecule has 2 rings (SSSR count). The van der Waals surface area contributed by atoms with E-state index >= 15 is 0 Å². The topological polar surface area (TPSA) is 12.0 Å². The van der Waals surface area contributed by atoms with Crippen LogP contribution in [0.4, 0.5) is 0 Å². The molecule has 1 nitrogen and oxygen atoms in total. The van der Waals surface area contributed by atoms with Crippen LogP contribution in [0, 0.1) is 5.41 Å². The van der Waals surface area contributed by atoms with E-state index in [9.17, 15) is 0 Å². The Kier molecular flexibility index (Phi) is 5.71. The maximum absolute atomic E-state index is 3.56. The lowest BCUT2D eigenvalue weighted by molar-refractivity contribution is 0.158. The summed E-state index contributed by atoms with van der Waals surface area (Å²) >= 11 is 5.46. The van der Waals surface area contributed by atoms with Gasteiger partial charge in [-0.15, -0.1) is 11.3 Å². The van der Waals surface area contributed by atoms with Crippen molar-refractivity contribution in [1.82, 2.24) is 5.32 Å². The Bertz CT molecular complexity index is 355. The van der Waals surface area contributed by atoms with Crippen molar-refractivity contribution >= 4 is 27.3 Å². The largest absolute Gasteiger partial charge is 0.320 e. The van der Waals surface area contributed by atoms with Crippen LogP contribution in [0.25, 0.3) is 0 Å². The van der Waals surface area contributed by atoms with Gasteiger partial charge in [0.25, 0.3) is 0 Å². The zero-order valence-electron chi connectivity index (χ0n) is 11.3. The number of hydrogen-bond donors (Lipinski definition) is 1. The maximum Gasteiger partial charge on any atom is 0.0701 e. The molecule has 0 bridgehead atoms. The average Bonchev–Trinajstić information content (AvgIpc) is 2.81. The first kappa shape index (κ1) is 14.5. The van der Waals surface area contributed by atoms with E-state index in [0.29, 0.717) is 5.41 Å². The summed E-state index contributed by atoms with van der Waals surface area (Å²) in [7, 11) is 2.08. The number of hydrogen-bond acceptors (Lipinski definition) is 2. The van der Waals surface area contributed by atoms with Gasteiger partial charge in [-0.3, -0.25) is 0 Å². The molecule has 1 aromatic rings. The lowest BCUT2D eigenvalue weighted by Gasteiger charge is -2.37. The highest BCUT2D eigenvalue weighted by Gasteiger charge is 2.30. The van der Waals surface area contributed by atoms with Crippen molar-refractivity contribution < 1.29 is 0 Å². The Morgan fingerprint density at radius 3 is 2.61 bits per heavy atom. The minimum Gasteiger partial charge on any atom is -0.320 e. The highest BCUT2D eigenvalue weighted by Crippen LogP contribution is 2.43. The van der Waals surface area contributed by atoms with Crippen LogP contribution >= 0.6 is 27.3 Å². The van der Waals surface area contributed by atoms with Gasteiger partial charge < -0.3 is 5.32 Å². The second-order valence-corrected chi connectivity index (χ2v) is 8.17. The molecule has 0 aliphatic heterocycles. The predicted molar refractivity (Wildman–Crippen MR) is 84.4 cm³/mol. The Hall–Kier alpha value is 0.140. The molecule has 0 amide bonds. The smallest absolute Gasteiger partial charge is 0.0701 e. The SMILES string of the molecule is CNCCC1(CCc2ccc(Br)s2)CCCCC1. The maximum atomic E-state index is 3.56. The van der Waals surface area contributed by atoms with E-state index < -0.39 is 0 Å². The third kappa shape index (κ3) is 4.07. The Labute approximate surface area is 123 Å². The fraction of sp³-hybridized carbons (Fsp3) is 0.733. The van der Waals surface area contributed by atoms with Gasteiger partial charge >= 0.3 is 0 Å². The van der Waals surface area contributed by atoms with E-state index in [1.54, 1.807) is 0 Å². The molecule has 1 N–H and O–H groups in total. The standard InChI is InChI=1S/C15H24BrNS/c1-17-12-11-15(8-3-2-4-9-15)10-7-13-5-6-14(16)18-13/h5-6,17H,2-4,7-12H2,1H3. The molecule has 0 radical (unpaired) electrons. The van der Waals surface area contributed by atoms with Crippen LogP contribution in [-0.2, 0) is 6.42 Å². The number of halogens is 1. The summed E-state index contributed by atoms with van der Waals surface area (Å²) < 4.78 is 1.27. The van der Waals surface area contributed by atoms with Gasteiger partial charge in [-0.1, -0.05) is 19.3 Å². The van der Waals surface area contributed by atoms with Crippen LogP contribution in [0.1, 0.15) is 49.8 Å². The molecule has 0 spiro atoms. The van der Waals surface area contributed by atoms with Gasteiger partial charge in [-0.05, 0) is 79.2 Å². The molecule has 1 heterocycles. The summed E-state index contributed by atoms with van der Waals surface area (Å²) in [6.45, 7) is 1.17. The second-order valence-electron chi connectivity index (χ2n) is 5.62. The molecule has 0 atom stereocenters. The van der Waals surface area contributed by atoms with Gasteiger partial charge in [0.2, 0.25) is 0 Å². The zero-order valence-corrected chi connectivity index (χ0v) is 13.7. The molecule has 1 aromatic heterocycles. The van der Waals surface area contributed by atoms with Gasteiger partial charge in [0, 0.05) is 4.88 Å². The average molecular weight is 330 g/mol. The van der Waals surface area contributed by atoms with E-state index in [-0.39, 0.29) is 0 Å². The molecule has 0 unspecified atom stereocenters. The summed E-state index contributed by atoms with van der Waals surface area (Å²) in [6, 6.07) is 4.46. The van der Waals surface area contributed by atoms with Crippen LogP contribution in [0.2, 0.25) is 0 Å². The van der Waals surface area contributed by atoms with Crippen LogP contribution in [-0.4, -0.2) is 13.6 Å². The molecule has 1 aliphatic carbocycles. The van der Waals surface area contributed by atoms with Crippen molar-refractivity contribution in [2.45, 2.75) is 51.4 Å². The third-order valence-corrected chi connectivity index (χ3v) is 6.03. The first-order valence-electron chi connectivity index (χ1n) is 7.13. The van der Waals surface area contributed by atoms with E-state index in [4.69, 9.17) is 0 Å². The number of nitrogens with one attached hydrogen (secondary N) is 1. The van der Waals surface area contributed by atoms with Crippen LogP contribution in [0.5, 0.6) is 0 Å². The summed E-state index contributed by atoms with van der Waals surface area (Å²) in [5.74, 6) is 0. The van der Waals surface area contributed by atoms with E-state index in [2.05, 4.69) is 40.4 Å². The van der Waals surface area contributed by atoms with Crippen LogP contribution in [0.15, 0.2) is 15.9 Å². The summed E-state index contributed by atoms with van der Waals surface area (Å²) in [5, 5.41) is 3.34. The first-order chi connectivity index (χ1) is 8.74. The number of aryl methyl sites for hydroxylation is 1. The van der Waals surface area contributed by atoms with Crippen molar-refractivity contribution in [3.63, 3.8) is 0 Å². The minimum atomic E-state index is 0.623. The Morgan fingerprint density at radius 1 is 1.22 bits per heavy atom. The van der Waals surface area contributed by atoms with Gasteiger partial charge in [-0.25, -0.2) is 0 Å². The molecular formula is C15H24BrNS.